The van der Waals surface area contributed by atoms with Gasteiger partial charge in [-0.2, -0.15) is 0 Å². The Labute approximate surface area is 110 Å². The Balaban J connectivity index is 1.85. The summed E-state index contributed by atoms with van der Waals surface area (Å²) >= 11 is 0. The molecule has 1 N–H and O–H groups in total. The maximum Gasteiger partial charge on any atom is 0.145 e. The van der Waals surface area contributed by atoms with Gasteiger partial charge in [0, 0.05) is 12.6 Å². The number of anilines is 1. The molecule has 1 unspecified atom stereocenters. The standard InChI is InChI=1S/C14H24N4/c1-11(10-18-7-5-4-6-8-18)16-14-9-15-12(2)13(3)17-14/h9,11H,4-8,10H2,1-3H3,(H,16,17). The number of hydrogen-bond acceptors (Lipinski definition) is 4. The third kappa shape index (κ3) is 3.67. The summed E-state index contributed by atoms with van der Waals surface area (Å²) in [5, 5.41) is 3.44. The van der Waals surface area contributed by atoms with E-state index in [2.05, 4.69) is 27.1 Å². The SMILES string of the molecule is Cc1ncc(NC(C)CN2CCCCC2)nc1C. The molecule has 0 amide bonds. The van der Waals surface area contributed by atoms with Crippen LogP contribution in [0, 0.1) is 13.8 Å². The van der Waals surface area contributed by atoms with Crippen LogP contribution in [0.3, 0.4) is 0 Å². The summed E-state index contributed by atoms with van der Waals surface area (Å²) in [6, 6.07) is 0.416. The van der Waals surface area contributed by atoms with E-state index in [1.54, 1.807) is 0 Å². The largest absolute Gasteiger partial charge is 0.365 e. The number of rotatable bonds is 4. The van der Waals surface area contributed by atoms with Gasteiger partial charge in [0.2, 0.25) is 0 Å². The first kappa shape index (κ1) is 13.3. The molecular weight excluding hydrogens is 224 g/mol. The van der Waals surface area contributed by atoms with Crippen molar-refractivity contribution < 1.29 is 0 Å². The van der Waals surface area contributed by atoms with Crippen molar-refractivity contribution in [1.29, 1.82) is 0 Å². The van der Waals surface area contributed by atoms with Gasteiger partial charge in [-0.1, -0.05) is 6.42 Å². The van der Waals surface area contributed by atoms with Gasteiger partial charge in [-0.05, 0) is 46.7 Å². The van der Waals surface area contributed by atoms with Crippen molar-refractivity contribution in [2.24, 2.45) is 0 Å². The summed E-state index contributed by atoms with van der Waals surface area (Å²) < 4.78 is 0. The summed E-state index contributed by atoms with van der Waals surface area (Å²) in [6.45, 7) is 9.78. The average Bonchev–Trinajstić information content (AvgIpc) is 2.35. The van der Waals surface area contributed by atoms with Crippen molar-refractivity contribution in [2.75, 3.05) is 25.0 Å². The van der Waals surface area contributed by atoms with E-state index in [0.29, 0.717) is 6.04 Å². The number of aromatic nitrogens is 2. The second-order valence-corrected chi connectivity index (χ2v) is 5.33. The summed E-state index contributed by atoms with van der Waals surface area (Å²) in [6.07, 6.45) is 5.91. The molecule has 0 saturated carbocycles. The number of likely N-dealkylation sites (tertiary alicyclic amines) is 1. The maximum absolute atomic E-state index is 4.51. The molecule has 0 aliphatic carbocycles. The monoisotopic (exact) mass is 248 g/mol. The lowest BCUT2D eigenvalue weighted by Crippen LogP contribution is -2.38. The van der Waals surface area contributed by atoms with Crippen molar-refractivity contribution in [2.45, 2.75) is 46.1 Å². The first-order valence-electron chi connectivity index (χ1n) is 6.94. The van der Waals surface area contributed by atoms with Crippen LogP contribution in [-0.4, -0.2) is 40.5 Å². The highest BCUT2D eigenvalue weighted by molar-refractivity contribution is 5.34. The first-order chi connectivity index (χ1) is 8.65. The minimum absolute atomic E-state index is 0.416. The minimum atomic E-state index is 0.416. The summed E-state index contributed by atoms with van der Waals surface area (Å²) in [5.41, 5.74) is 2.01. The van der Waals surface area contributed by atoms with Crippen LogP contribution in [0.5, 0.6) is 0 Å². The Morgan fingerprint density at radius 2 is 1.94 bits per heavy atom. The molecule has 2 rings (SSSR count). The zero-order chi connectivity index (χ0) is 13.0. The van der Waals surface area contributed by atoms with E-state index in [1.165, 1.54) is 32.4 Å². The molecule has 4 heteroatoms. The second-order valence-electron chi connectivity index (χ2n) is 5.33. The van der Waals surface area contributed by atoms with Gasteiger partial charge in [-0.3, -0.25) is 4.98 Å². The Kier molecular flexibility index (Phi) is 4.53. The quantitative estimate of drug-likeness (QED) is 0.888. The lowest BCUT2D eigenvalue weighted by Gasteiger charge is -2.29. The van der Waals surface area contributed by atoms with Crippen molar-refractivity contribution in [3.05, 3.63) is 17.6 Å². The molecule has 0 radical (unpaired) electrons. The minimum Gasteiger partial charge on any atom is -0.365 e. The molecule has 1 fully saturated rings. The fourth-order valence-electron chi connectivity index (χ4n) is 2.44. The lowest BCUT2D eigenvalue weighted by atomic mass is 10.1. The van der Waals surface area contributed by atoms with E-state index in [-0.39, 0.29) is 0 Å². The number of nitrogens with zero attached hydrogens (tertiary/aromatic N) is 3. The van der Waals surface area contributed by atoms with Crippen molar-refractivity contribution in [3.63, 3.8) is 0 Å². The van der Waals surface area contributed by atoms with Gasteiger partial charge in [-0.25, -0.2) is 4.98 Å². The third-order valence-corrected chi connectivity index (χ3v) is 3.57. The normalized spacial score (nSPS) is 18.6. The number of hydrogen-bond donors (Lipinski definition) is 1. The molecule has 4 nitrogen and oxygen atoms in total. The van der Waals surface area contributed by atoms with Crippen LogP contribution >= 0.6 is 0 Å². The predicted molar refractivity (Wildman–Crippen MR) is 74.9 cm³/mol. The van der Waals surface area contributed by atoms with Gasteiger partial charge < -0.3 is 10.2 Å². The third-order valence-electron chi connectivity index (χ3n) is 3.57. The van der Waals surface area contributed by atoms with E-state index in [4.69, 9.17) is 0 Å². The highest BCUT2D eigenvalue weighted by Gasteiger charge is 2.13. The Morgan fingerprint density at radius 1 is 1.22 bits per heavy atom. The molecule has 1 aliphatic rings. The van der Waals surface area contributed by atoms with Gasteiger partial charge in [0.25, 0.3) is 0 Å². The highest BCUT2D eigenvalue weighted by Crippen LogP contribution is 2.11. The molecule has 100 valence electrons. The van der Waals surface area contributed by atoms with Gasteiger partial charge >= 0.3 is 0 Å². The molecule has 1 aromatic heterocycles. The summed E-state index contributed by atoms with van der Waals surface area (Å²) in [4.78, 5) is 11.4. The zero-order valence-electron chi connectivity index (χ0n) is 11.7. The van der Waals surface area contributed by atoms with Crippen molar-refractivity contribution in [1.82, 2.24) is 14.9 Å². The van der Waals surface area contributed by atoms with Gasteiger partial charge in [0.05, 0.1) is 17.6 Å². The molecule has 0 aromatic carbocycles. The number of piperidine rings is 1. The predicted octanol–water partition coefficient (Wildman–Crippen LogP) is 2.38. The highest BCUT2D eigenvalue weighted by atomic mass is 15.2. The Bertz CT molecular complexity index is 385. The van der Waals surface area contributed by atoms with E-state index >= 15 is 0 Å². The van der Waals surface area contributed by atoms with Gasteiger partial charge in [0.1, 0.15) is 5.82 Å². The van der Waals surface area contributed by atoms with E-state index in [9.17, 15) is 0 Å². The molecule has 1 aromatic rings. The molecular formula is C14H24N4. The van der Waals surface area contributed by atoms with Gasteiger partial charge in [-0.15, -0.1) is 0 Å². The maximum atomic E-state index is 4.51. The van der Waals surface area contributed by atoms with Crippen LogP contribution < -0.4 is 5.32 Å². The molecule has 0 bridgehead atoms. The average molecular weight is 248 g/mol. The topological polar surface area (TPSA) is 41.1 Å². The summed E-state index contributed by atoms with van der Waals surface area (Å²) in [7, 11) is 0. The molecule has 1 aliphatic heterocycles. The Hall–Kier alpha value is -1.16. The second kappa shape index (κ2) is 6.14. The molecule has 2 heterocycles. The van der Waals surface area contributed by atoms with Crippen LogP contribution in [0.15, 0.2) is 6.20 Å². The van der Waals surface area contributed by atoms with Crippen molar-refractivity contribution >= 4 is 5.82 Å². The lowest BCUT2D eigenvalue weighted by molar-refractivity contribution is 0.223. The fourth-order valence-corrected chi connectivity index (χ4v) is 2.44. The van der Waals surface area contributed by atoms with Crippen LogP contribution in [0.2, 0.25) is 0 Å². The fraction of sp³-hybridized carbons (Fsp3) is 0.714. The molecule has 0 spiro atoms. The van der Waals surface area contributed by atoms with E-state index < -0.39 is 0 Å². The van der Waals surface area contributed by atoms with Crippen LogP contribution in [-0.2, 0) is 0 Å². The van der Waals surface area contributed by atoms with Gasteiger partial charge in [0.15, 0.2) is 0 Å². The molecule has 18 heavy (non-hydrogen) atoms. The van der Waals surface area contributed by atoms with Crippen LogP contribution in [0.25, 0.3) is 0 Å². The van der Waals surface area contributed by atoms with E-state index in [1.807, 2.05) is 20.0 Å². The smallest absolute Gasteiger partial charge is 0.145 e. The zero-order valence-corrected chi connectivity index (χ0v) is 11.7. The van der Waals surface area contributed by atoms with E-state index in [0.717, 1.165) is 23.8 Å². The number of aryl methyl sites for hydroxylation is 2. The molecule has 1 atom stereocenters. The van der Waals surface area contributed by atoms with Crippen LogP contribution in [0.4, 0.5) is 5.82 Å². The molecule has 1 saturated heterocycles. The Morgan fingerprint density at radius 3 is 2.61 bits per heavy atom. The first-order valence-corrected chi connectivity index (χ1v) is 6.94. The summed E-state index contributed by atoms with van der Waals surface area (Å²) in [5.74, 6) is 0.891. The van der Waals surface area contributed by atoms with Crippen LogP contribution in [0.1, 0.15) is 37.6 Å². The van der Waals surface area contributed by atoms with Crippen molar-refractivity contribution in [3.8, 4) is 0 Å². The number of nitrogens with one attached hydrogen (secondary N) is 1.